The molecule has 1 saturated carbocycles. The molecule has 0 bridgehead atoms. The molecule has 1 heterocycles. The molecule has 2 aromatic rings. The van der Waals surface area contributed by atoms with Crippen LogP contribution in [0.4, 0.5) is 5.69 Å². The molecule has 2 N–H and O–H groups in total. The highest BCUT2D eigenvalue weighted by Gasteiger charge is 2.25. The Morgan fingerprint density at radius 3 is 2.71 bits per heavy atom. The maximum absolute atomic E-state index is 12.1. The molecule has 6 nitrogen and oxygen atoms in total. The van der Waals surface area contributed by atoms with Gasteiger partial charge in [0, 0.05) is 11.7 Å². The van der Waals surface area contributed by atoms with Crippen molar-refractivity contribution in [2.45, 2.75) is 38.1 Å². The van der Waals surface area contributed by atoms with Crippen molar-refractivity contribution in [3.05, 3.63) is 33.6 Å². The molecular formula is C20H22BrNO5S. The number of hydrogen-bond acceptors (Lipinski definition) is 6. The van der Waals surface area contributed by atoms with Gasteiger partial charge in [0.1, 0.15) is 0 Å². The molecule has 0 radical (unpaired) electrons. The number of esters is 1. The first kappa shape index (κ1) is 20.7. The third-order valence-electron chi connectivity index (χ3n) is 4.62. The lowest BCUT2D eigenvalue weighted by atomic mass is 9.95. The summed E-state index contributed by atoms with van der Waals surface area (Å²) in [5.74, 6) is -1.48. The third kappa shape index (κ3) is 4.86. The lowest BCUT2D eigenvalue weighted by Crippen LogP contribution is -2.22. The summed E-state index contributed by atoms with van der Waals surface area (Å²) in [4.78, 5) is 24.0. The fourth-order valence-corrected chi connectivity index (χ4v) is 5.27. The molecule has 1 aromatic carbocycles. The number of benzene rings is 1. The topological polar surface area (TPSA) is 84.9 Å². The zero-order valence-electron chi connectivity index (χ0n) is 15.5. The third-order valence-corrected chi connectivity index (χ3v) is 6.84. The molecule has 1 aliphatic rings. The Labute approximate surface area is 176 Å². The Kier molecular flexibility index (Phi) is 6.96. The molecule has 150 valence electrons. The van der Waals surface area contributed by atoms with Crippen LogP contribution in [0.1, 0.15) is 41.8 Å². The quantitative estimate of drug-likeness (QED) is 0.546. The van der Waals surface area contributed by atoms with Crippen LogP contribution in [0.2, 0.25) is 0 Å². The lowest BCUT2D eigenvalue weighted by Gasteiger charge is -2.24. The molecule has 1 fully saturated rings. The Hall–Kier alpha value is -2.06. The monoisotopic (exact) mass is 467 g/mol. The Balaban J connectivity index is 1.90. The molecule has 0 saturated heterocycles. The van der Waals surface area contributed by atoms with E-state index in [1.54, 1.807) is 0 Å². The standard InChI is InChI=1S/C20H22BrNO5S/c1-26-20(25)19-17(27-11-15(23)24)16(21)18(28-19)12-6-5-9-14(10-12)22-13-7-3-2-4-8-13/h5-6,9-10,13,22H,2-4,7-8,11H2,1H3,(H,23,24). The van der Waals surface area contributed by atoms with Crippen molar-refractivity contribution >= 4 is 44.9 Å². The van der Waals surface area contributed by atoms with E-state index >= 15 is 0 Å². The number of halogens is 1. The van der Waals surface area contributed by atoms with Gasteiger partial charge in [-0.2, -0.15) is 0 Å². The largest absolute Gasteiger partial charge is 0.479 e. The normalized spacial score (nSPS) is 14.5. The van der Waals surface area contributed by atoms with Crippen LogP contribution < -0.4 is 10.1 Å². The van der Waals surface area contributed by atoms with E-state index in [4.69, 9.17) is 14.6 Å². The van der Waals surface area contributed by atoms with Crippen LogP contribution >= 0.6 is 27.3 Å². The molecule has 0 unspecified atom stereocenters. The maximum Gasteiger partial charge on any atom is 0.351 e. The fraction of sp³-hybridized carbons (Fsp3) is 0.400. The number of carbonyl (C=O) groups excluding carboxylic acids is 1. The smallest absolute Gasteiger partial charge is 0.351 e. The number of carboxylic acids is 1. The molecule has 0 aliphatic heterocycles. The zero-order valence-corrected chi connectivity index (χ0v) is 17.9. The second kappa shape index (κ2) is 9.43. The van der Waals surface area contributed by atoms with Crippen molar-refractivity contribution in [2.75, 3.05) is 19.0 Å². The highest BCUT2D eigenvalue weighted by molar-refractivity contribution is 9.10. The van der Waals surface area contributed by atoms with Crippen LogP contribution in [-0.4, -0.2) is 36.8 Å². The van der Waals surface area contributed by atoms with Crippen molar-refractivity contribution < 1.29 is 24.2 Å². The minimum atomic E-state index is -1.12. The van der Waals surface area contributed by atoms with Crippen LogP contribution in [0, 0.1) is 0 Å². The molecule has 3 rings (SSSR count). The van der Waals surface area contributed by atoms with E-state index in [0.717, 1.165) is 16.1 Å². The van der Waals surface area contributed by atoms with Gasteiger partial charge in [-0.3, -0.25) is 0 Å². The van der Waals surface area contributed by atoms with Gasteiger partial charge in [-0.1, -0.05) is 31.4 Å². The number of carboxylic acid groups (broad SMARTS) is 1. The van der Waals surface area contributed by atoms with Crippen LogP contribution in [-0.2, 0) is 9.53 Å². The summed E-state index contributed by atoms with van der Waals surface area (Å²) < 4.78 is 10.7. The number of anilines is 1. The number of rotatable bonds is 7. The van der Waals surface area contributed by atoms with Crippen LogP contribution in [0.15, 0.2) is 28.7 Å². The van der Waals surface area contributed by atoms with Gasteiger partial charge in [0.25, 0.3) is 0 Å². The highest BCUT2D eigenvalue weighted by atomic mass is 79.9. The SMILES string of the molecule is COC(=O)c1sc(-c2cccc(NC3CCCCC3)c2)c(Br)c1OCC(=O)O. The van der Waals surface area contributed by atoms with Gasteiger partial charge in [0.15, 0.2) is 17.2 Å². The minimum Gasteiger partial charge on any atom is -0.479 e. The molecule has 1 aromatic heterocycles. The van der Waals surface area contributed by atoms with Crippen LogP contribution in [0.25, 0.3) is 10.4 Å². The van der Waals surface area contributed by atoms with Crippen molar-refractivity contribution in [1.82, 2.24) is 0 Å². The summed E-state index contributed by atoms with van der Waals surface area (Å²) >= 11 is 4.69. The van der Waals surface area contributed by atoms with Gasteiger partial charge in [-0.25, -0.2) is 9.59 Å². The van der Waals surface area contributed by atoms with E-state index in [-0.39, 0.29) is 10.6 Å². The molecule has 0 amide bonds. The van der Waals surface area contributed by atoms with Crippen molar-refractivity contribution in [1.29, 1.82) is 0 Å². The summed E-state index contributed by atoms with van der Waals surface area (Å²) in [5.41, 5.74) is 1.94. The molecule has 0 spiro atoms. The summed E-state index contributed by atoms with van der Waals surface area (Å²) in [6.07, 6.45) is 6.15. The van der Waals surface area contributed by atoms with E-state index in [0.29, 0.717) is 10.5 Å². The summed E-state index contributed by atoms with van der Waals surface area (Å²) in [6, 6.07) is 8.46. The number of hydrogen-bond donors (Lipinski definition) is 2. The highest BCUT2D eigenvalue weighted by Crippen LogP contribution is 2.46. The van der Waals surface area contributed by atoms with E-state index in [1.807, 2.05) is 24.3 Å². The summed E-state index contributed by atoms with van der Waals surface area (Å²) in [5, 5.41) is 12.5. The molecule has 0 atom stereocenters. The zero-order chi connectivity index (χ0) is 20.1. The first-order valence-corrected chi connectivity index (χ1v) is 10.7. The van der Waals surface area contributed by atoms with Crippen LogP contribution in [0.5, 0.6) is 5.75 Å². The number of ether oxygens (including phenoxy) is 2. The van der Waals surface area contributed by atoms with E-state index in [9.17, 15) is 9.59 Å². The van der Waals surface area contributed by atoms with E-state index in [1.165, 1.54) is 50.6 Å². The minimum absolute atomic E-state index is 0.194. The average Bonchev–Trinajstić information content (AvgIpc) is 3.03. The van der Waals surface area contributed by atoms with Crippen molar-refractivity contribution in [3.8, 4) is 16.2 Å². The molecular weight excluding hydrogens is 446 g/mol. The Morgan fingerprint density at radius 1 is 1.29 bits per heavy atom. The summed E-state index contributed by atoms with van der Waals surface area (Å²) in [6.45, 7) is -0.540. The van der Waals surface area contributed by atoms with E-state index < -0.39 is 18.5 Å². The molecule has 28 heavy (non-hydrogen) atoms. The fourth-order valence-electron chi connectivity index (χ4n) is 3.30. The van der Waals surface area contributed by atoms with E-state index in [2.05, 4.69) is 21.2 Å². The number of thiophene rings is 1. The van der Waals surface area contributed by atoms with Gasteiger partial charge in [-0.05, 0) is 46.5 Å². The first-order valence-electron chi connectivity index (χ1n) is 9.11. The summed E-state index contributed by atoms with van der Waals surface area (Å²) in [7, 11) is 1.28. The van der Waals surface area contributed by atoms with Crippen LogP contribution in [0.3, 0.4) is 0 Å². The average molecular weight is 468 g/mol. The predicted molar refractivity (Wildman–Crippen MR) is 112 cm³/mol. The second-order valence-corrected chi connectivity index (χ2v) is 8.45. The number of methoxy groups -OCH3 is 1. The lowest BCUT2D eigenvalue weighted by molar-refractivity contribution is -0.139. The number of nitrogens with one attached hydrogen (secondary N) is 1. The Bertz CT molecular complexity index is 860. The number of aliphatic carboxylic acids is 1. The molecule has 1 aliphatic carbocycles. The van der Waals surface area contributed by atoms with Gasteiger partial charge < -0.3 is 19.9 Å². The maximum atomic E-state index is 12.1. The second-order valence-electron chi connectivity index (χ2n) is 6.64. The van der Waals surface area contributed by atoms with Crippen molar-refractivity contribution in [3.63, 3.8) is 0 Å². The van der Waals surface area contributed by atoms with Gasteiger partial charge in [-0.15, -0.1) is 11.3 Å². The number of carbonyl (C=O) groups is 2. The van der Waals surface area contributed by atoms with Gasteiger partial charge >= 0.3 is 11.9 Å². The van der Waals surface area contributed by atoms with Crippen molar-refractivity contribution in [2.24, 2.45) is 0 Å². The Morgan fingerprint density at radius 2 is 2.04 bits per heavy atom. The molecule has 8 heteroatoms. The van der Waals surface area contributed by atoms with Gasteiger partial charge in [0.2, 0.25) is 0 Å². The van der Waals surface area contributed by atoms with Gasteiger partial charge in [0.05, 0.1) is 16.5 Å². The predicted octanol–water partition coefficient (Wildman–Crippen LogP) is 5.17. The first-order chi connectivity index (χ1) is 13.5.